The Kier molecular flexibility index (Phi) is 8.43. The number of carbonyl (C=O) groups is 3. The van der Waals surface area contributed by atoms with E-state index in [9.17, 15) is 19.5 Å². The molecule has 4 unspecified atom stereocenters. The van der Waals surface area contributed by atoms with Crippen LogP contribution >= 0.6 is 11.3 Å². The lowest BCUT2D eigenvalue weighted by Gasteiger charge is -2.29. The van der Waals surface area contributed by atoms with E-state index in [0.29, 0.717) is 30.3 Å². The highest BCUT2D eigenvalue weighted by atomic mass is 32.1. The number of benzene rings is 1. The molecule has 0 bridgehead atoms. The molecule has 45 heavy (non-hydrogen) atoms. The van der Waals surface area contributed by atoms with Crippen LogP contribution in [0, 0.1) is 5.92 Å². The maximum atomic E-state index is 13.7. The number of aromatic nitrogens is 2. The zero-order chi connectivity index (χ0) is 31.9. The number of nitrogens with one attached hydrogen (secondary N) is 1. The molecule has 11 nitrogen and oxygen atoms in total. The Morgan fingerprint density at radius 1 is 1.20 bits per heavy atom. The molecule has 12 heteroatoms. The summed E-state index contributed by atoms with van der Waals surface area (Å²) in [6, 6.07) is 6.42. The van der Waals surface area contributed by atoms with Crippen LogP contribution in [0.4, 0.5) is 4.79 Å². The Hall–Kier alpha value is -4.19. The number of methoxy groups -OCH3 is 1. The quantitative estimate of drug-likeness (QED) is 0.360. The van der Waals surface area contributed by atoms with Gasteiger partial charge < -0.3 is 29.7 Å². The lowest BCUT2D eigenvalue weighted by atomic mass is 10.1. The summed E-state index contributed by atoms with van der Waals surface area (Å²) in [6.07, 6.45) is 6.31. The summed E-state index contributed by atoms with van der Waals surface area (Å²) < 4.78 is 12.0. The minimum atomic E-state index is -1.36. The second kappa shape index (κ2) is 12.3. The van der Waals surface area contributed by atoms with Crippen molar-refractivity contribution in [2.75, 3.05) is 27.2 Å². The summed E-state index contributed by atoms with van der Waals surface area (Å²) in [5, 5.41) is 17.3. The van der Waals surface area contributed by atoms with Crippen molar-refractivity contribution in [1.82, 2.24) is 25.1 Å². The number of carbonyl (C=O) groups excluding carboxylic acids is 2. The van der Waals surface area contributed by atoms with Gasteiger partial charge in [-0.1, -0.05) is 26.0 Å². The van der Waals surface area contributed by atoms with Gasteiger partial charge in [0.15, 0.2) is 0 Å². The number of hydrogen-bond donors (Lipinski definition) is 2. The number of nitrogens with zero attached hydrogens (tertiary/aromatic N) is 4. The van der Waals surface area contributed by atoms with E-state index in [1.165, 1.54) is 16.2 Å². The summed E-state index contributed by atoms with van der Waals surface area (Å²) in [7, 11) is 3.34. The number of amides is 3. The highest BCUT2D eigenvalue weighted by molar-refractivity contribution is 7.13. The first-order valence-corrected chi connectivity index (χ1v) is 16.3. The number of rotatable bonds is 6. The lowest BCUT2D eigenvalue weighted by Crippen LogP contribution is -2.54. The van der Waals surface area contributed by atoms with Crippen molar-refractivity contribution < 1.29 is 29.0 Å². The van der Waals surface area contributed by atoms with Crippen LogP contribution in [0.3, 0.4) is 0 Å². The first-order valence-electron chi connectivity index (χ1n) is 15.4. The van der Waals surface area contributed by atoms with Crippen LogP contribution in [-0.4, -0.2) is 87.7 Å². The molecular weight excluding hydrogens is 594 g/mol. The van der Waals surface area contributed by atoms with Crippen LogP contribution in [-0.2, 0) is 9.59 Å². The SMILES string of the molecule is COc1ccc2c(OC3CC4C(=O)NC5(C(=O)O)CC5/C=C\CCCCN(C)C(=O)N4C3)nc(-c3nc(C(C)C)cs3)cc2c1. The molecule has 1 saturated heterocycles. The minimum absolute atomic E-state index is 0.156. The van der Waals surface area contributed by atoms with Crippen LogP contribution in [0.2, 0.25) is 0 Å². The molecule has 1 aliphatic carbocycles. The summed E-state index contributed by atoms with van der Waals surface area (Å²) in [4.78, 5) is 52.5. The van der Waals surface area contributed by atoms with Gasteiger partial charge in [-0.25, -0.2) is 19.6 Å². The fourth-order valence-electron chi connectivity index (χ4n) is 6.15. The summed E-state index contributed by atoms with van der Waals surface area (Å²) in [5.74, 6) is -0.495. The predicted molar refractivity (Wildman–Crippen MR) is 171 cm³/mol. The molecule has 3 amide bonds. The highest BCUT2D eigenvalue weighted by Gasteiger charge is 2.61. The number of urea groups is 1. The van der Waals surface area contributed by atoms with Crippen LogP contribution in [0.1, 0.15) is 57.6 Å². The van der Waals surface area contributed by atoms with Crippen molar-refractivity contribution in [3.63, 3.8) is 0 Å². The molecule has 1 aromatic carbocycles. The van der Waals surface area contributed by atoms with Gasteiger partial charge in [-0.2, -0.15) is 0 Å². The van der Waals surface area contributed by atoms with Gasteiger partial charge >= 0.3 is 12.0 Å². The van der Waals surface area contributed by atoms with Crippen molar-refractivity contribution in [1.29, 1.82) is 0 Å². The largest absolute Gasteiger partial charge is 0.497 e. The molecule has 3 aromatic rings. The maximum Gasteiger partial charge on any atom is 0.330 e. The molecule has 4 heterocycles. The monoisotopic (exact) mass is 633 g/mol. The Labute approximate surface area is 266 Å². The van der Waals surface area contributed by atoms with Crippen molar-refractivity contribution in [2.24, 2.45) is 5.92 Å². The predicted octanol–water partition coefficient (Wildman–Crippen LogP) is 5.06. The van der Waals surface area contributed by atoms with Crippen LogP contribution in [0.15, 0.2) is 41.8 Å². The average Bonchev–Trinajstić information content (AvgIpc) is 3.33. The van der Waals surface area contributed by atoms with Crippen molar-refractivity contribution in [3.05, 3.63) is 47.5 Å². The zero-order valence-electron chi connectivity index (χ0n) is 26.0. The standard InChI is InChI=1S/C33H39N5O6S/c1-19(2)26-18-45-30(35-26)25-14-20-13-22(43-4)10-11-24(20)29(34-25)44-23-15-27-28(39)36-33(31(40)41)16-21(33)9-7-5-6-8-12-37(3)32(42)38(27)17-23/h7,9-11,13-14,18-19,21,23,27H,5-6,8,12,15-17H2,1-4H3,(H,36,39)(H,40,41)/b9-7-. The number of aliphatic carboxylic acids is 1. The van der Waals surface area contributed by atoms with Crippen LogP contribution in [0.25, 0.3) is 21.5 Å². The van der Waals surface area contributed by atoms with Gasteiger partial charge in [-0.15, -0.1) is 11.3 Å². The normalized spacial score (nSPS) is 26.2. The molecule has 4 atom stereocenters. The number of ether oxygens (including phenoxy) is 2. The number of thiazole rings is 1. The van der Waals surface area contributed by atoms with Gasteiger partial charge in [-0.3, -0.25) is 4.79 Å². The van der Waals surface area contributed by atoms with E-state index >= 15 is 0 Å². The maximum absolute atomic E-state index is 13.7. The number of pyridine rings is 1. The van der Waals surface area contributed by atoms with Gasteiger partial charge in [0.25, 0.3) is 0 Å². The fourth-order valence-corrected chi connectivity index (χ4v) is 7.09. The smallest absolute Gasteiger partial charge is 0.330 e. The molecule has 2 fully saturated rings. The third-order valence-corrected chi connectivity index (χ3v) is 9.86. The lowest BCUT2D eigenvalue weighted by molar-refractivity contribution is -0.144. The number of carboxylic acids is 1. The molecule has 238 valence electrons. The average molecular weight is 634 g/mol. The third-order valence-electron chi connectivity index (χ3n) is 8.98. The number of carboxylic acid groups (broad SMARTS) is 1. The molecule has 0 spiro atoms. The van der Waals surface area contributed by atoms with E-state index < -0.39 is 29.6 Å². The minimum Gasteiger partial charge on any atom is -0.497 e. The van der Waals surface area contributed by atoms with E-state index in [1.807, 2.05) is 41.8 Å². The van der Waals surface area contributed by atoms with Gasteiger partial charge in [0, 0.05) is 36.7 Å². The first-order chi connectivity index (χ1) is 21.6. The Bertz CT molecular complexity index is 1660. The van der Waals surface area contributed by atoms with Crippen molar-refractivity contribution >= 4 is 40.0 Å². The summed E-state index contributed by atoms with van der Waals surface area (Å²) >= 11 is 1.51. The highest BCUT2D eigenvalue weighted by Crippen LogP contribution is 2.45. The molecule has 0 radical (unpaired) electrons. The topological polar surface area (TPSA) is 134 Å². The van der Waals surface area contributed by atoms with Crippen molar-refractivity contribution in [3.8, 4) is 22.3 Å². The summed E-state index contributed by atoms with van der Waals surface area (Å²) in [5.41, 5.74) is 0.283. The van der Waals surface area contributed by atoms with Gasteiger partial charge in [0.05, 0.1) is 19.3 Å². The summed E-state index contributed by atoms with van der Waals surface area (Å²) in [6.45, 7) is 4.89. The van der Waals surface area contributed by atoms with Gasteiger partial charge in [0.2, 0.25) is 11.8 Å². The molecule has 2 N–H and O–H groups in total. The van der Waals surface area contributed by atoms with Crippen LogP contribution in [0.5, 0.6) is 11.6 Å². The van der Waals surface area contributed by atoms with E-state index in [1.54, 1.807) is 19.1 Å². The van der Waals surface area contributed by atoms with Crippen LogP contribution < -0.4 is 14.8 Å². The zero-order valence-corrected chi connectivity index (χ0v) is 26.8. The van der Waals surface area contributed by atoms with Gasteiger partial charge in [0.1, 0.15) is 34.1 Å². The van der Waals surface area contributed by atoms with Gasteiger partial charge in [-0.05, 0) is 61.3 Å². The molecule has 1 saturated carbocycles. The van der Waals surface area contributed by atoms with E-state index in [2.05, 4.69) is 19.2 Å². The Morgan fingerprint density at radius 3 is 2.76 bits per heavy atom. The molecule has 2 aromatic heterocycles. The molecular formula is C33H39N5O6S. The van der Waals surface area contributed by atoms with E-state index in [0.717, 1.165) is 40.7 Å². The number of hydrogen-bond acceptors (Lipinski definition) is 8. The van der Waals surface area contributed by atoms with E-state index in [-0.39, 0.29) is 30.8 Å². The van der Waals surface area contributed by atoms with Crippen molar-refractivity contribution in [2.45, 2.75) is 69.6 Å². The first kappa shape index (κ1) is 30.8. The molecule has 6 rings (SSSR count). The second-order valence-electron chi connectivity index (χ2n) is 12.5. The fraction of sp³-hybridized carbons (Fsp3) is 0.485. The number of fused-ring (bicyclic) bond motifs is 3. The van der Waals surface area contributed by atoms with E-state index in [4.69, 9.17) is 19.4 Å². The Morgan fingerprint density at radius 2 is 2.02 bits per heavy atom. The second-order valence-corrected chi connectivity index (χ2v) is 13.3. The number of allylic oxidation sites excluding steroid dienone is 1. The molecule has 3 aliphatic rings. The Balaban J connectivity index is 1.33. The molecule has 2 aliphatic heterocycles. The third kappa shape index (κ3) is 6.07.